The standard InChI is InChI=1S/C17H22N4O3/c1-17(2,3)24-16(23)19-12(10-22)7-11-5-6-14-13(8-11)20-15(9-18)21(14)4/h5-6,8,12,22H,7,10H2,1-4H3,(H,19,23)/t12-/m0/s1. The highest BCUT2D eigenvalue weighted by molar-refractivity contribution is 5.77. The minimum Gasteiger partial charge on any atom is -0.444 e. The summed E-state index contributed by atoms with van der Waals surface area (Å²) in [5.41, 5.74) is 1.88. The van der Waals surface area contributed by atoms with E-state index in [-0.39, 0.29) is 6.61 Å². The van der Waals surface area contributed by atoms with Gasteiger partial charge in [-0.25, -0.2) is 9.78 Å². The lowest BCUT2D eigenvalue weighted by Crippen LogP contribution is -2.42. The van der Waals surface area contributed by atoms with Crippen LogP contribution in [0.2, 0.25) is 0 Å². The number of alkyl carbamates (subject to hydrolysis) is 1. The third-order valence-electron chi connectivity index (χ3n) is 3.47. The molecule has 2 aromatic rings. The summed E-state index contributed by atoms with van der Waals surface area (Å²) in [7, 11) is 1.79. The van der Waals surface area contributed by atoms with Crippen LogP contribution in [0.1, 0.15) is 32.2 Å². The molecule has 128 valence electrons. The molecule has 1 aromatic carbocycles. The number of imidazole rings is 1. The zero-order valence-corrected chi connectivity index (χ0v) is 14.3. The van der Waals surface area contributed by atoms with E-state index >= 15 is 0 Å². The Hall–Kier alpha value is -2.59. The molecular weight excluding hydrogens is 308 g/mol. The van der Waals surface area contributed by atoms with Crippen LogP contribution in [-0.4, -0.2) is 39.0 Å². The van der Waals surface area contributed by atoms with Crippen LogP contribution in [0, 0.1) is 11.3 Å². The van der Waals surface area contributed by atoms with Crippen molar-refractivity contribution in [1.29, 1.82) is 5.26 Å². The summed E-state index contributed by atoms with van der Waals surface area (Å²) in [6.07, 6.45) is -0.128. The number of aryl methyl sites for hydroxylation is 1. The van der Waals surface area contributed by atoms with Crippen molar-refractivity contribution < 1.29 is 14.6 Å². The van der Waals surface area contributed by atoms with Crippen molar-refractivity contribution in [3.8, 4) is 6.07 Å². The van der Waals surface area contributed by atoms with Crippen LogP contribution in [0.25, 0.3) is 11.0 Å². The fourth-order valence-corrected chi connectivity index (χ4v) is 2.39. The zero-order chi connectivity index (χ0) is 17.9. The molecule has 0 saturated carbocycles. The predicted octanol–water partition coefficient (Wildman–Crippen LogP) is 1.87. The lowest BCUT2D eigenvalue weighted by molar-refractivity contribution is 0.0483. The zero-order valence-electron chi connectivity index (χ0n) is 14.3. The van der Waals surface area contributed by atoms with Gasteiger partial charge in [-0.1, -0.05) is 6.07 Å². The van der Waals surface area contributed by atoms with Crippen LogP contribution in [0.15, 0.2) is 18.2 Å². The number of aliphatic hydroxyl groups excluding tert-OH is 1. The molecule has 0 spiro atoms. The molecule has 7 nitrogen and oxygen atoms in total. The molecule has 24 heavy (non-hydrogen) atoms. The number of amides is 1. The molecule has 0 aliphatic carbocycles. The summed E-state index contributed by atoms with van der Waals surface area (Å²) >= 11 is 0. The first kappa shape index (κ1) is 17.8. The first-order chi connectivity index (χ1) is 11.2. The van der Waals surface area contributed by atoms with E-state index in [1.807, 2.05) is 24.3 Å². The molecule has 0 fully saturated rings. The van der Waals surface area contributed by atoms with E-state index in [1.165, 1.54) is 0 Å². The van der Waals surface area contributed by atoms with Gasteiger partial charge in [-0.05, 0) is 44.9 Å². The quantitative estimate of drug-likeness (QED) is 0.891. The van der Waals surface area contributed by atoms with E-state index in [0.717, 1.165) is 11.1 Å². The molecule has 0 aliphatic rings. The van der Waals surface area contributed by atoms with Crippen molar-refractivity contribution in [2.75, 3.05) is 6.61 Å². The molecular formula is C17H22N4O3. The van der Waals surface area contributed by atoms with Crippen LogP contribution in [0.5, 0.6) is 0 Å². The van der Waals surface area contributed by atoms with Crippen LogP contribution >= 0.6 is 0 Å². The fraction of sp³-hybridized carbons (Fsp3) is 0.471. The first-order valence-electron chi connectivity index (χ1n) is 7.69. The smallest absolute Gasteiger partial charge is 0.407 e. The Morgan fingerprint density at radius 3 is 2.79 bits per heavy atom. The van der Waals surface area contributed by atoms with Crippen LogP contribution in [0.3, 0.4) is 0 Å². The lowest BCUT2D eigenvalue weighted by Gasteiger charge is -2.22. The van der Waals surface area contributed by atoms with Crippen molar-refractivity contribution in [1.82, 2.24) is 14.9 Å². The van der Waals surface area contributed by atoms with Gasteiger partial charge in [-0.2, -0.15) is 5.26 Å². The fourth-order valence-electron chi connectivity index (χ4n) is 2.39. The molecule has 0 saturated heterocycles. The number of rotatable bonds is 4. The number of hydrogen-bond donors (Lipinski definition) is 2. The summed E-state index contributed by atoms with van der Waals surface area (Å²) < 4.78 is 6.92. The Labute approximate surface area is 140 Å². The number of nitrogens with one attached hydrogen (secondary N) is 1. The number of ether oxygens (including phenoxy) is 1. The van der Waals surface area contributed by atoms with Crippen LogP contribution < -0.4 is 5.32 Å². The van der Waals surface area contributed by atoms with E-state index in [0.29, 0.717) is 17.8 Å². The minimum absolute atomic E-state index is 0.205. The van der Waals surface area contributed by atoms with Crippen LogP contribution in [-0.2, 0) is 18.2 Å². The van der Waals surface area contributed by atoms with Gasteiger partial charge in [-0.3, -0.25) is 0 Å². The molecule has 0 aliphatic heterocycles. The van der Waals surface area contributed by atoms with Gasteiger partial charge in [0.1, 0.15) is 11.7 Å². The van der Waals surface area contributed by atoms with E-state index in [1.54, 1.807) is 32.4 Å². The number of nitrogens with zero attached hydrogens (tertiary/aromatic N) is 3. The second kappa shape index (κ2) is 6.89. The van der Waals surface area contributed by atoms with Gasteiger partial charge in [0.25, 0.3) is 0 Å². The molecule has 1 amide bonds. The van der Waals surface area contributed by atoms with E-state index < -0.39 is 17.7 Å². The summed E-state index contributed by atoms with van der Waals surface area (Å²) in [5.74, 6) is 0.340. The summed E-state index contributed by atoms with van der Waals surface area (Å²) in [4.78, 5) is 16.1. The highest BCUT2D eigenvalue weighted by atomic mass is 16.6. The van der Waals surface area contributed by atoms with Gasteiger partial charge >= 0.3 is 6.09 Å². The second-order valence-corrected chi connectivity index (χ2v) is 6.66. The molecule has 0 radical (unpaired) electrons. The maximum atomic E-state index is 11.8. The highest BCUT2D eigenvalue weighted by Gasteiger charge is 2.19. The molecule has 7 heteroatoms. The van der Waals surface area contributed by atoms with Gasteiger partial charge in [0.15, 0.2) is 0 Å². The summed E-state index contributed by atoms with van der Waals surface area (Å²) in [6.45, 7) is 5.13. The second-order valence-electron chi connectivity index (χ2n) is 6.66. The lowest BCUT2D eigenvalue weighted by atomic mass is 10.1. The minimum atomic E-state index is -0.593. The Morgan fingerprint density at radius 1 is 1.50 bits per heavy atom. The monoisotopic (exact) mass is 330 g/mol. The molecule has 2 N–H and O–H groups in total. The van der Waals surface area contributed by atoms with Gasteiger partial charge < -0.3 is 19.7 Å². The number of hydrogen-bond acceptors (Lipinski definition) is 5. The average Bonchev–Trinajstić information content (AvgIpc) is 2.80. The first-order valence-corrected chi connectivity index (χ1v) is 7.69. The summed E-state index contributed by atoms with van der Waals surface area (Å²) in [5, 5.41) is 21.2. The molecule has 2 rings (SSSR count). The molecule has 1 aromatic heterocycles. The summed E-state index contributed by atoms with van der Waals surface area (Å²) in [6, 6.07) is 7.21. The third kappa shape index (κ3) is 4.24. The SMILES string of the molecule is Cn1c(C#N)nc2cc(C[C@@H](CO)NC(=O)OC(C)(C)C)ccc21. The largest absolute Gasteiger partial charge is 0.444 e. The van der Waals surface area contributed by atoms with E-state index in [9.17, 15) is 9.90 Å². The average molecular weight is 330 g/mol. The van der Waals surface area contributed by atoms with Gasteiger partial charge in [0, 0.05) is 7.05 Å². The Morgan fingerprint density at radius 2 is 2.21 bits per heavy atom. The maximum Gasteiger partial charge on any atom is 0.407 e. The molecule has 0 bridgehead atoms. The van der Waals surface area contributed by atoms with E-state index in [2.05, 4.69) is 10.3 Å². The Kier molecular flexibility index (Phi) is 5.10. The van der Waals surface area contributed by atoms with Crippen molar-refractivity contribution in [3.63, 3.8) is 0 Å². The third-order valence-corrected chi connectivity index (χ3v) is 3.47. The highest BCUT2D eigenvalue weighted by Crippen LogP contribution is 2.17. The predicted molar refractivity (Wildman–Crippen MR) is 89.4 cm³/mol. The number of nitriles is 1. The van der Waals surface area contributed by atoms with Gasteiger partial charge in [0.05, 0.1) is 23.7 Å². The molecule has 1 atom stereocenters. The van der Waals surface area contributed by atoms with Crippen molar-refractivity contribution in [2.24, 2.45) is 7.05 Å². The number of carbonyl (C=O) groups excluding carboxylic acids is 1. The van der Waals surface area contributed by atoms with Crippen molar-refractivity contribution in [3.05, 3.63) is 29.6 Å². The number of carbonyl (C=O) groups is 1. The normalized spacial score (nSPS) is 12.7. The van der Waals surface area contributed by atoms with Gasteiger partial charge in [-0.15, -0.1) is 0 Å². The topological polar surface area (TPSA) is 100 Å². The molecule has 0 unspecified atom stereocenters. The number of benzene rings is 1. The number of aliphatic hydroxyl groups is 1. The maximum absolute atomic E-state index is 11.8. The number of aromatic nitrogens is 2. The van der Waals surface area contributed by atoms with Crippen molar-refractivity contribution >= 4 is 17.1 Å². The van der Waals surface area contributed by atoms with Gasteiger partial charge in [0.2, 0.25) is 5.82 Å². The molecule has 1 heterocycles. The Balaban J connectivity index is 2.12. The Bertz CT molecular complexity index is 783. The van der Waals surface area contributed by atoms with Crippen molar-refractivity contribution in [2.45, 2.75) is 38.8 Å². The van der Waals surface area contributed by atoms with E-state index in [4.69, 9.17) is 10.00 Å². The van der Waals surface area contributed by atoms with Crippen LogP contribution in [0.4, 0.5) is 4.79 Å². The number of fused-ring (bicyclic) bond motifs is 1.